The second-order valence-electron chi connectivity index (χ2n) is 4.78. The van der Waals surface area contributed by atoms with Crippen LogP contribution in [0.3, 0.4) is 0 Å². The van der Waals surface area contributed by atoms with Gasteiger partial charge in [0, 0.05) is 23.5 Å². The molecule has 3 heteroatoms. The number of carbonyl (C=O) groups excluding carboxylic acids is 1. The standard InChI is InChI=1S/C15H20BrNO/c1-2-12-6-3-4-8-14(12)15(18)17-11-5-7-13(17)9-10-16/h3-4,6,8,13H,2,5,7,9-11H2,1H3. The molecule has 1 aliphatic heterocycles. The second kappa shape index (κ2) is 6.37. The van der Waals surface area contributed by atoms with Crippen molar-refractivity contribution < 1.29 is 4.79 Å². The maximum atomic E-state index is 12.6. The van der Waals surface area contributed by atoms with Gasteiger partial charge in [-0.3, -0.25) is 4.79 Å². The number of halogens is 1. The Bertz CT molecular complexity index is 419. The van der Waals surface area contributed by atoms with Gasteiger partial charge in [0.05, 0.1) is 0 Å². The Labute approximate surface area is 117 Å². The van der Waals surface area contributed by atoms with Crippen LogP contribution in [-0.2, 0) is 6.42 Å². The number of hydrogen-bond acceptors (Lipinski definition) is 1. The maximum absolute atomic E-state index is 12.6. The molecule has 1 aliphatic rings. The van der Waals surface area contributed by atoms with E-state index in [1.54, 1.807) is 0 Å². The Balaban J connectivity index is 2.20. The zero-order valence-electron chi connectivity index (χ0n) is 10.9. The van der Waals surface area contributed by atoms with Crippen LogP contribution in [0, 0.1) is 0 Å². The Morgan fingerprint density at radius 3 is 2.94 bits per heavy atom. The number of likely N-dealkylation sites (tertiary alicyclic amines) is 1. The molecule has 1 fully saturated rings. The van der Waals surface area contributed by atoms with Crippen LogP contribution in [0.2, 0.25) is 0 Å². The van der Waals surface area contributed by atoms with Crippen LogP contribution in [0.4, 0.5) is 0 Å². The van der Waals surface area contributed by atoms with Crippen LogP contribution in [0.5, 0.6) is 0 Å². The highest BCUT2D eigenvalue weighted by Gasteiger charge is 2.29. The van der Waals surface area contributed by atoms with Gasteiger partial charge in [0.1, 0.15) is 0 Å². The van der Waals surface area contributed by atoms with Gasteiger partial charge in [-0.25, -0.2) is 0 Å². The van der Waals surface area contributed by atoms with Gasteiger partial charge in [-0.1, -0.05) is 41.1 Å². The van der Waals surface area contributed by atoms with Crippen molar-refractivity contribution in [3.05, 3.63) is 35.4 Å². The Morgan fingerprint density at radius 2 is 2.22 bits per heavy atom. The molecule has 0 aromatic heterocycles. The van der Waals surface area contributed by atoms with Crippen LogP contribution in [0.1, 0.15) is 42.1 Å². The van der Waals surface area contributed by atoms with Gasteiger partial charge in [0.2, 0.25) is 0 Å². The average Bonchev–Trinajstić information content (AvgIpc) is 2.86. The second-order valence-corrected chi connectivity index (χ2v) is 5.58. The van der Waals surface area contributed by atoms with Crippen molar-refractivity contribution in [2.75, 3.05) is 11.9 Å². The van der Waals surface area contributed by atoms with Gasteiger partial charge in [-0.05, 0) is 37.3 Å². The van der Waals surface area contributed by atoms with E-state index in [0.29, 0.717) is 6.04 Å². The van der Waals surface area contributed by atoms with Crippen molar-refractivity contribution in [3.63, 3.8) is 0 Å². The summed E-state index contributed by atoms with van der Waals surface area (Å²) in [4.78, 5) is 14.7. The predicted octanol–water partition coefficient (Wildman–Crippen LogP) is 3.64. The lowest BCUT2D eigenvalue weighted by Crippen LogP contribution is -2.36. The van der Waals surface area contributed by atoms with E-state index in [2.05, 4.69) is 33.8 Å². The monoisotopic (exact) mass is 309 g/mol. The van der Waals surface area contributed by atoms with Crippen molar-refractivity contribution in [1.29, 1.82) is 0 Å². The minimum absolute atomic E-state index is 0.218. The zero-order valence-corrected chi connectivity index (χ0v) is 12.4. The Kier molecular flexibility index (Phi) is 4.81. The van der Waals surface area contributed by atoms with Crippen LogP contribution in [0.25, 0.3) is 0 Å². The van der Waals surface area contributed by atoms with Gasteiger partial charge < -0.3 is 4.90 Å². The van der Waals surface area contributed by atoms with E-state index >= 15 is 0 Å². The molecule has 2 nitrogen and oxygen atoms in total. The summed E-state index contributed by atoms with van der Waals surface area (Å²) in [5.41, 5.74) is 2.05. The van der Waals surface area contributed by atoms with E-state index in [-0.39, 0.29) is 5.91 Å². The van der Waals surface area contributed by atoms with Crippen molar-refractivity contribution >= 4 is 21.8 Å². The largest absolute Gasteiger partial charge is 0.336 e. The summed E-state index contributed by atoms with van der Waals surface area (Å²) in [6.07, 6.45) is 4.25. The van der Waals surface area contributed by atoms with Crippen molar-refractivity contribution in [1.82, 2.24) is 4.90 Å². The molecule has 0 N–H and O–H groups in total. The fourth-order valence-corrected chi connectivity index (χ4v) is 3.25. The fourth-order valence-electron chi connectivity index (χ4n) is 2.72. The summed E-state index contributed by atoms with van der Waals surface area (Å²) in [5, 5.41) is 0.969. The number of hydrogen-bond donors (Lipinski definition) is 0. The summed E-state index contributed by atoms with van der Waals surface area (Å²) in [5.74, 6) is 0.218. The molecule has 1 amide bonds. The quantitative estimate of drug-likeness (QED) is 0.778. The van der Waals surface area contributed by atoms with Crippen molar-refractivity contribution in [3.8, 4) is 0 Å². The minimum Gasteiger partial charge on any atom is -0.336 e. The summed E-state index contributed by atoms with van der Waals surface area (Å²) in [6, 6.07) is 8.41. The third kappa shape index (κ3) is 2.77. The molecule has 1 atom stereocenters. The van der Waals surface area contributed by atoms with Gasteiger partial charge in [-0.2, -0.15) is 0 Å². The molecule has 1 heterocycles. The summed E-state index contributed by atoms with van der Waals surface area (Å²) >= 11 is 3.48. The molecule has 18 heavy (non-hydrogen) atoms. The van der Waals surface area contributed by atoms with Crippen molar-refractivity contribution in [2.24, 2.45) is 0 Å². The van der Waals surface area contributed by atoms with E-state index in [4.69, 9.17) is 0 Å². The topological polar surface area (TPSA) is 20.3 Å². The van der Waals surface area contributed by atoms with Crippen LogP contribution >= 0.6 is 15.9 Å². The molecule has 0 aliphatic carbocycles. The first-order chi connectivity index (χ1) is 8.77. The lowest BCUT2D eigenvalue weighted by Gasteiger charge is -2.25. The summed E-state index contributed by atoms with van der Waals surface area (Å²) in [6.45, 7) is 3.01. The molecule has 1 aromatic rings. The summed E-state index contributed by atoms with van der Waals surface area (Å²) in [7, 11) is 0. The average molecular weight is 310 g/mol. The van der Waals surface area contributed by atoms with Gasteiger partial charge in [0.15, 0.2) is 0 Å². The highest BCUT2D eigenvalue weighted by molar-refractivity contribution is 9.09. The van der Waals surface area contributed by atoms with E-state index < -0.39 is 0 Å². The number of benzene rings is 1. The SMILES string of the molecule is CCc1ccccc1C(=O)N1CCCC1CCBr. The number of aryl methyl sites for hydroxylation is 1. The minimum atomic E-state index is 0.218. The molecule has 98 valence electrons. The number of nitrogens with zero attached hydrogens (tertiary/aromatic N) is 1. The maximum Gasteiger partial charge on any atom is 0.254 e. The van der Waals surface area contributed by atoms with Gasteiger partial charge in [0.25, 0.3) is 5.91 Å². The number of amides is 1. The first kappa shape index (κ1) is 13.6. The highest BCUT2D eigenvalue weighted by Crippen LogP contribution is 2.24. The molecular weight excluding hydrogens is 290 g/mol. The first-order valence-electron chi connectivity index (χ1n) is 6.72. The molecule has 0 saturated carbocycles. The number of rotatable bonds is 4. The third-order valence-electron chi connectivity index (χ3n) is 3.71. The van der Waals surface area contributed by atoms with E-state index in [1.165, 1.54) is 0 Å². The van der Waals surface area contributed by atoms with Crippen LogP contribution in [0.15, 0.2) is 24.3 Å². The van der Waals surface area contributed by atoms with E-state index in [1.807, 2.05) is 18.2 Å². The molecule has 2 rings (SSSR count). The molecule has 0 bridgehead atoms. The van der Waals surface area contributed by atoms with Crippen molar-refractivity contribution in [2.45, 2.75) is 38.6 Å². The van der Waals surface area contributed by atoms with Crippen LogP contribution < -0.4 is 0 Å². The molecular formula is C15H20BrNO. The normalized spacial score (nSPS) is 19.2. The first-order valence-corrected chi connectivity index (χ1v) is 7.85. The highest BCUT2D eigenvalue weighted by atomic mass is 79.9. The molecule has 1 aromatic carbocycles. The third-order valence-corrected chi connectivity index (χ3v) is 4.17. The Morgan fingerprint density at radius 1 is 1.44 bits per heavy atom. The fraction of sp³-hybridized carbons (Fsp3) is 0.533. The lowest BCUT2D eigenvalue weighted by atomic mass is 10.0. The molecule has 0 spiro atoms. The molecule has 0 radical (unpaired) electrons. The van der Waals surface area contributed by atoms with E-state index in [0.717, 1.165) is 48.7 Å². The smallest absolute Gasteiger partial charge is 0.254 e. The zero-order chi connectivity index (χ0) is 13.0. The van der Waals surface area contributed by atoms with Gasteiger partial charge in [-0.15, -0.1) is 0 Å². The Hall–Kier alpha value is -0.830. The summed E-state index contributed by atoms with van der Waals surface area (Å²) < 4.78 is 0. The number of carbonyl (C=O) groups is 1. The number of alkyl halides is 1. The molecule has 1 unspecified atom stereocenters. The molecule has 1 saturated heterocycles. The lowest BCUT2D eigenvalue weighted by molar-refractivity contribution is 0.0733. The van der Waals surface area contributed by atoms with Crippen LogP contribution in [-0.4, -0.2) is 28.7 Å². The predicted molar refractivity (Wildman–Crippen MR) is 78.3 cm³/mol. The van der Waals surface area contributed by atoms with Gasteiger partial charge >= 0.3 is 0 Å². The van der Waals surface area contributed by atoms with E-state index in [9.17, 15) is 4.79 Å².